The van der Waals surface area contributed by atoms with Gasteiger partial charge in [-0.15, -0.1) is 0 Å². The highest BCUT2D eigenvalue weighted by Crippen LogP contribution is 1.72. The summed E-state index contributed by atoms with van der Waals surface area (Å²) in [5.74, 6) is 0.582. The first kappa shape index (κ1) is 13.0. The van der Waals surface area contributed by atoms with E-state index in [2.05, 4.69) is 15.4 Å². The predicted octanol–water partition coefficient (Wildman–Crippen LogP) is -2.18. The van der Waals surface area contributed by atoms with Gasteiger partial charge in [-0.2, -0.15) is 0 Å². The van der Waals surface area contributed by atoms with Gasteiger partial charge in [0.1, 0.15) is 0 Å². The van der Waals surface area contributed by atoms with Crippen molar-refractivity contribution in [3.63, 3.8) is 0 Å². The highest BCUT2D eigenvalue weighted by Gasteiger charge is 1.95. The third-order valence-electron chi connectivity index (χ3n) is 1.21. The van der Waals surface area contributed by atoms with Crippen LogP contribution in [0.3, 0.4) is 0 Å². The molecule has 0 aliphatic heterocycles. The predicted molar refractivity (Wildman–Crippen MR) is 60.2 cm³/mol. The van der Waals surface area contributed by atoms with Crippen LogP contribution in [0.4, 0.5) is 0 Å². The second kappa shape index (κ2) is 10.1. The van der Waals surface area contributed by atoms with Crippen molar-refractivity contribution < 1.29 is 9.31 Å². The first-order valence-electron chi connectivity index (χ1n) is 4.23. The molecule has 4 N–H and O–H groups in total. The van der Waals surface area contributed by atoms with Crippen LogP contribution in [-0.2, 0) is 9.31 Å². The van der Waals surface area contributed by atoms with Crippen LogP contribution < -0.4 is 16.3 Å². The van der Waals surface area contributed by atoms with Crippen LogP contribution in [0.1, 0.15) is 0 Å². The number of guanidine groups is 1. The Morgan fingerprint density at radius 3 is 2.86 bits per heavy atom. The van der Waals surface area contributed by atoms with Gasteiger partial charge in [0.25, 0.3) is 0 Å². The van der Waals surface area contributed by atoms with Crippen LogP contribution in [0.25, 0.3) is 0 Å². The molecule has 0 spiro atoms. The average Bonchev–Trinajstić information content (AvgIpc) is 2.21. The van der Waals surface area contributed by atoms with Gasteiger partial charge in [0.15, 0.2) is 5.96 Å². The smallest absolute Gasteiger partial charge is 0.418 e. The van der Waals surface area contributed by atoms with Gasteiger partial charge in [-0.05, 0) is 0 Å². The molecule has 0 rings (SSSR count). The van der Waals surface area contributed by atoms with E-state index in [1.165, 1.54) is 0 Å². The lowest BCUT2D eigenvalue weighted by molar-refractivity contribution is 0.437. The number of nitrogens with one attached hydrogen (secondary N) is 2. The van der Waals surface area contributed by atoms with Crippen LogP contribution >= 0.6 is 0 Å². The minimum Gasteiger partial charge on any atom is -0.422 e. The van der Waals surface area contributed by atoms with Crippen LogP contribution in [0.2, 0.25) is 0 Å². The molecule has 0 aliphatic rings. The number of nitrogens with two attached hydrogens (primary N) is 1. The topological polar surface area (TPSA) is 80.9 Å². The van der Waals surface area contributed by atoms with Crippen molar-refractivity contribution in [2.24, 2.45) is 10.6 Å². The second-order valence-electron chi connectivity index (χ2n) is 2.32. The monoisotopic (exact) mass is 198 g/mol. The summed E-state index contributed by atoms with van der Waals surface area (Å²) in [6.07, 6.45) is 3.48. The number of nitrogens with zero attached hydrogens (tertiary/aromatic N) is 1. The summed E-state index contributed by atoms with van der Waals surface area (Å²) >= 11 is 0. The summed E-state index contributed by atoms with van der Waals surface area (Å²) in [7, 11) is 3.84. The molecule has 6 nitrogen and oxygen atoms in total. The lowest BCUT2D eigenvalue weighted by Gasteiger charge is -2.07. The summed E-state index contributed by atoms with van der Waals surface area (Å²) in [4.78, 5) is 4.05. The molecule has 0 atom stereocenters. The fourth-order valence-electron chi connectivity index (χ4n) is 0.628. The van der Waals surface area contributed by atoms with Gasteiger partial charge in [0.2, 0.25) is 0 Å². The first-order chi connectivity index (χ1) is 6.85. The zero-order valence-electron chi connectivity index (χ0n) is 8.62. The molecule has 0 bridgehead atoms. The summed E-state index contributed by atoms with van der Waals surface area (Å²) in [6.45, 7) is 0.481. The van der Waals surface area contributed by atoms with Crippen LogP contribution in [0, 0.1) is 0 Å². The molecule has 0 radical (unpaired) electrons. The molecule has 0 amide bonds. The van der Waals surface area contributed by atoms with E-state index in [0.29, 0.717) is 20.1 Å². The minimum atomic E-state index is 0.287. The van der Waals surface area contributed by atoms with Crippen molar-refractivity contribution >= 4 is 21.2 Å². The summed E-state index contributed by atoms with van der Waals surface area (Å²) in [6, 6.07) is 0. The third-order valence-corrected chi connectivity index (χ3v) is 1.21. The van der Waals surface area contributed by atoms with E-state index in [9.17, 15) is 0 Å². The molecule has 0 aromatic rings. The van der Waals surface area contributed by atoms with Crippen LogP contribution in [0.15, 0.2) is 17.2 Å². The fraction of sp³-hybridized carbons (Fsp3) is 0.500. The molecular formula is C6H16B2N4O2. The van der Waals surface area contributed by atoms with E-state index >= 15 is 0 Å². The van der Waals surface area contributed by atoms with Gasteiger partial charge in [-0.1, -0.05) is 6.08 Å². The lowest BCUT2D eigenvalue weighted by Crippen LogP contribution is -2.38. The average molecular weight is 198 g/mol. The normalized spacial score (nSPS) is 11.5. The maximum absolute atomic E-state index is 5.28. The fourth-order valence-corrected chi connectivity index (χ4v) is 0.628. The van der Waals surface area contributed by atoms with E-state index < -0.39 is 0 Å². The Balaban J connectivity index is 3.89. The molecular weight excluding hydrogens is 182 g/mol. The summed E-state index contributed by atoms with van der Waals surface area (Å²) in [5, 5.41) is 5.82. The van der Waals surface area contributed by atoms with Gasteiger partial charge in [0.05, 0.1) is 0 Å². The number of hydrogen-bond acceptors (Lipinski definition) is 4. The summed E-state index contributed by atoms with van der Waals surface area (Å²) in [5.41, 5.74) is 5.28. The first-order valence-corrected chi connectivity index (χ1v) is 4.23. The summed E-state index contributed by atoms with van der Waals surface area (Å²) < 4.78 is 9.64. The van der Waals surface area contributed by atoms with Gasteiger partial charge in [0, 0.05) is 27.0 Å². The quantitative estimate of drug-likeness (QED) is 0.257. The van der Waals surface area contributed by atoms with Crippen LogP contribution in [0.5, 0.6) is 0 Å². The second-order valence-corrected chi connectivity index (χ2v) is 2.32. The Labute approximate surface area is 85.5 Å². The van der Waals surface area contributed by atoms with Crippen LogP contribution in [-0.4, -0.2) is 42.0 Å². The van der Waals surface area contributed by atoms with E-state index in [4.69, 9.17) is 15.0 Å². The SMILES string of the molecule is COB/N=C(\NBOC)N/C=C\CN. The highest BCUT2D eigenvalue weighted by atomic mass is 16.4. The van der Waals surface area contributed by atoms with Gasteiger partial charge in [-0.3, -0.25) is 4.90 Å². The van der Waals surface area contributed by atoms with Crippen molar-refractivity contribution in [3.05, 3.63) is 12.3 Å². The Hall–Kier alpha value is -0.980. The standard InChI is InChI=1S/C6H16B2N4O2/c1-13-7-11-6(12-8-14-2)10-5-3-4-9/h3,5,7-8H,4,9H2,1-2H3,(H2,10,11,12)/b5-3-. The lowest BCUT2D eigenvalue weighted by atomic mass is 10.3. The zero-order valence-corrected chi connectivity index (χ0v) is 8.62. The van der Waals surface area contributed by atoms with E-state index in [1.54, 1.807) is 26.5 Å². The molecule has 0 heterocycles. The van der Waals surface area contributed by atoms with Gasteiger partial charge >= 0.3 is 15.2 Å². The van der Waals surface area contributed by atoms with E-state index in [0.717, 1.165) is 0 Å². The largest absolute Gasteiger partial charge is 0.422 e. The van der Waals surface area contributed by atoms with Crippen molar-refractivity contribution in [3.8, 4) is 0 Å². The Kier molecular flexibility index (Phi) is 9.40. The third kappa shape index (κ3) is 7.66. The highest BCUT2D eigenvalue weighted by molar-refractivity contribution is 6.34. The Morgan fingerprint density at radius 1 is 1.50 bits per heavy atom. The van der Waals surface area contributed by atoms with Gasteiger partial charge in [-0.25, -0.2) is 0 Å². The Morgan fingerprint density at radius 2 is 2.29 bits per heavy atom. The molecule has 0 aliphatic carbocycles. The molecule has 0 aromatic heterocycles. The molecule has 0 unspecified atom stereocenters. The van der Waals surface area contributed by atoms with Crippen molar-refractivity contribution in [1.82, 2.24) is 10.5 Å². The molecule has 0 fully saturated rings. The van der Waals surface area contributed by atoms with E-state index in [-0.39, 0.29) is 7.62 Å². The van der Waals surface area contributed by atoms with Crippen molar-refractivity contribution in [2.75, 3.05) is 20.8 Å². The molecule has 0 aromatic carbocycles. The maximum atomic E-state index is 5.28. The maximum Gasteiger partial charge on any atom is 0.418 e. The molecule has 0 saturated heterocycles. The number of hydrogen-bond donors (Lipinski definition) is 3. The molecule has 14 heavy (non-hydrogen) atoms. The molecule has 78 valence electrons. The molecule has 8 heteroatoms. The minimum absolute atomic E-state index is 0.287. The molecule has 0 saturated carbocycles. The van der Waals surface area contributed by atoms with Gasteiger partial charge < -0.3 is 25.6 Å². The number of rotatable bonds is 6. The van der Waals surface area contributed by atoms with Crippen molar-refractivity contribution in [2.45, 2.75) is 0 Å². The Bertz CT molecular complexity index is 189. The zero-order chi connectivity index (χ0) is 10.6. The van der Waals surface area contributed by atoms with E-state index in [1.807, 2.05) is 0 Å². The van der Waals surface area contributed by atoms with Crippen molar-refractivity contribution in [1.29, 1.82) is 0 Å².